The molecule has 7 nitrogen and oxygen atoms in total. The number of ether oxygens (including phenoxy) is 2. The van der Waals surface area contributed by atoms with Crippen molar-refractivity contribution in [1.29, 1.82) is 0 Å². The lowest BCUT2D eigenvalue weighted by atomic mass is 10.1. The number of carbonyl (C=O) groups is 2. The van der Waals surface area contributed by atoms with Gasteiger partial charge < -0.3 is 23.9 Å². The van der Waals surface area contributed by atoms with Crippen LogP contribution in [-0.2, 0) is 11.3 Å². The maximum absolute atomic E-state index is 13.3. The standard InChI is InChI=1S/C26H29NO6/c1-27(26(30)20-11-9-19(10-12-20)23-7-6-16-33-23)18-21-17-22(31-2)13-14-24(21)32-15-5-3-4-8-25(28)29/h6-7,9-14,16-17H,3-5,8,15,18H2,1-2H3,(H,28,29)/i1D3. The molecular weight excluding hydrogens is 422 g/mol. The van der Waals surface area contributed by atoms with Gasteiger partial charge in [0.25, 0.3) is 5.91 Å². The Labute approximate surface area is 197 Å². The first-order valence-electron chi connectivity index (χ1n) is 12.2. The Morgan fingerprint density at radius 3 is 2.58 bits per heavy atom. The molecule has 1 N–H and O–H groups in total. The quantitative estimate of drug-likeness (QED) is 0.376. The Balaban J connectivity index is 1.77. The van der Waals surface area contributed by atoms with Crippen LogP contribution in [0, 0.1) is 0 Å². The number of rotatable bonds is 12. The lowest BCUT2D eigenvalue weighted by molar-refractivity contribution is -0.137. The number of methoxy groups -OCH3 is 1. The summed E-state index contributed by atoms with van der Waals surface area (Å²) in [6, 6.07) is 15.1. The molecule has 0 saturated carbocycles. The number of carboxylic acids is 1. The maximum Gasteiger partial charge on any atom is 0.303 e. The Morgan fingerprint density at radius 1 is 1.09 bits per heavy atom. The van der Waals surface area contributed by atoms with Crippen molar-refractivity contribution < 1.29 is 32.7 Å². The second-order valence-electron chi connectivity index (χ2n) is 7.47. The number of carboxylic acid groups (broad SMARTS) is 1. The average molecular weight is 455 g/mol. The van der Waals surface area contributed by atoms with Gasteiger partial charge in [0.05, 0.1) is 20.0 Å². The number of amides is 1. The largest absolute Gasteiger partial charge is 0.497 e. The fourth-order valence-corrected chi connectivity index (χ4v) is 3.30. The zero-order valence-electron chi connectivity index (χ0n) is 21.5. The van der Waals surface area contributed by atoms with E-state index < -0.39 is 18.9 Å². The van der Waals surface area contributed by atoms with Crippen LogP contribution in [-0.4, -0.2) is 42.6 Å². The fourth-order valence-electron chi connectivity index (χ4n) is 3.30. The second-order valence-corrected chi connectivity index (χ2v) is 7.47. The number of furan rings is 1. The molecule has 33 heavy (non-hydrogen) atoms. The molecule has 0 saturated heterocycles. The molecule has 1 amide bonds. The molecule has 3 rings (SSSR count). The first kappa shape index (κ1) is 19.9. The highest BCUT2D eigenvalue weighted by Crippen LogP contribution is 2.27. The average Bonchev–Trinajstić information content (AvgIpc) is 3.39. The van der Waals surface area contributed by atoms with Crippen molar-refractivity contribution in [2.24, 2.45) is 0 Å². The third-order valence-electron chi connectivity index (χ3n) is 5.07. The van der Waals surface area contributed by atoms with Crippen molar-refractivity contribution in [3.63, 3.8) is 0 Å². The number of hydrogen-bond donors (Lipinski definition) is 1. The number of benzene rings is 2. The van der Waals surface area contributed by atoms with Gasteiger partial charge in [0.15, 0.2) is 0 Å². The molecule has 3 aromatic rings. The van der Waals surface area contributed by atoms with E-state index in [2.05, 4.69) is 0 Å². The molecule has 0 fully saturated rings. The molecule has 174 valence electrons. The lowest BCUT2D eigenvalue weighted by Crippen LogP contribution is -2.26. The van der Waals surface area contributed by atoms with Crippen LogP contribution >= 0.6 is 0 Å². The zero-order chi connectivity index (χ0) is 26.1. The smallest absolute Gasteiger partial charge is 0.303 e. The predicted octanol–water partition coefficient (Wildman–Crippen LogP) is 5.25. The normalized spacial score (nSPS) is 12.3. The summed E-state index contributed by atoms with van der Waals surface area (Å²) >= 11 is 0. The molecule has 0 aliphatic rings. The SMILES string of the molecule is [2H]C([2H])([2H])N(Cc1cc(OC)ccc1OCCCCCC(=O)O)C(=O)c1ccc(-c2ccco2)cc1. The summed E-state index contributed by atoms with van der Waals surface area (Å²) in [4.78, 5) is 24.7. The minimum atomic E-state index is -2.70. The molecule has 0 aliphatic carbocycles. The van der Waals surface area contributed by atoms with Gasteiger partial charge in [-0.15, -0.1) is 0 Å². The highest BCUT2D eigenvalue weighted by molar-refractivity contribution is 5.94. The van der Waals surface area contributed by atoms with Gasteiger partial charge in [-0.1, -0.05) is 12.1 Å². The van der Waals surface area contributed by atoms with Crippen molar-refractivity contribution in [3.05, 3.63) is 72.0 Å². The molecule has 0 radical (unpaired) electrons. The molecule has 0 aliphatic heterocycles. The number of unbranched alkanes of at least 4 members (excludes halogenated alkanes) is 2. The van der Waals surface area contributed by atoms with E-state index in [1.165, 1.54) is 7.11 Å². The monoisotopic (exact) mass is 454 g/mol. The third-order valence-corrected chi connectivity index (χ3v) is 5.07. The van der Waals surface area contributed by atoms with Crippen LogP contribution < -0.4 is 9.47 Å². The highest BCUT2D eigenvalue weighted by Gasteiger charge is 2.16. The summed E-state index contributed by atoms with van der Waals surface area (Å²) in [6.45, 7) is -2.59. The molecule has 1 heterocycles. The Bertz CT molecular complexity index is 1140. The summed E-state index contributed by atoms with van der Waals surface area (Å²) in [6.07, 6.45) is 3.53. The summed E-state index contributed by atoms with van der Waals surface area (Å²) in [7, 11) is 1.50. The molecule has 0 spiro atoms. The molecule has 2 aromatic carbocycles. The van der Waals surface area contributed by atoms with Crippen LogP contribution in [0.3, 0.4) is 0 Å². The van der Waals surface area contributed by atoms with Crippen molar-refractivity contribution in [2.45, 2.75) is 32.2 Å². The molecule has 7 heteroatoms. The maximum atomic E-state index is 13.3. The van der Waals surface area contributed by atoms with Crippen LogP contribution in [0.1, 0.15) is 45.7 Å². The third kappa shape index (κ3) is 6.87. The summed E-state index contributed by atoms with van der Waals surface area (Å²) < 4.78 is 40.5. The van der Waals surface area contributed by atoms with Gasteiger partial charge in [0, 0.05) is 40.7 Å². The molecule has 1 aromatic heterocycles. The summed E-state index contributed by atoms with van der Waals surface area (Å²) in [5, 5.41) is 8.74. The lowest BCUT2D eigenvalue weighted by Gasteiger charge is -2.20. The van der Waals surface area contributed by atoms with E-state index in [0.29, 0.717) is 48.7 Å². The summed E-state index contributed by atoms with van der Waals surface area (Å²) in [5.41, 5.74) is 1.48. The molecule has 0 bridgehead atoms. The number of aliphatic carboxylic acids is 1. The first-order valence-corrected chi connectivity index (χ1v) is 10.7. The van der Waals surface area contributed by atoms with E-state index in [0.717, 1.165) is 10.5 Å². The van der Waals surface area contributed by atoms with Crippen molar-refractivity contribution in [3.8, 4) is 22.8 Å². The molecular formula is C26H29NO6. The van der Waals surface area contributed by atoms with Gasteiger partial charge in [0.2, 0.25) is 0 Å². The van der Waals surface area contributed by atoms with Crippen LogP contribution in [0.4, 0.5) is 0 Å². The van der Waals surface area contributed by atoms with Gasteiger partial charge in [0.1, 0.15) is 17.3 Å². The van der Waals surface area contributed by atoms with Gasteiger partial charge in [-0.2, -0.15) is 0 Å². The van der Waals surface area contributed by atoms with Crippen molar-refractivity contribution in [1.82, 2.24) is 4.90 Å². The summed E-state index contributed by atoms with van der Waals surface area (Å²) in [5.74, 6) is 0.0911. The minimum absolute atomic E-state index is 0.103. The zero-order valence-corrected chi connectivity index (χ0v) is 18.5. The number of carbonyl (C=O) groups excluding carboxylic acids is 1. The van der Waals surface area contributed by atoms with E-state index in [9.17, 15) is 9.59 Å². The predicted molar refractivity (Wildman–Crippen MR) is 125 cm³/mol. The molecule has 0 unspecified atom stereocenters. The van der Waals surface area contributed by atoms with Gasteiger partial charge >= 0.3 is 5.97 Å². The van der Waals surface area contributed by atoms with Crippen LogP contribution in [0.15, 0.2) is 65.3 Å². The van der Waals surface area contributed by atoms with Crippen molar-refractivity contribution in [2.75, 3.05) is 20.7 Å². The van der Waals surface area contributed by atoms with E-state index in [1.807, 2.05) is 0 Å². The van der Waals surface area contributed by atoms with E-state index in [-0.39, 0.29) is 18.5 Å². The number of nitrogens with zero attached hydrogens (tertiary/aromatic N) is 1. The van der Waals surface area contributed by atoms with Crippen LogP contribution in [0.2, 0.25) is 0 Å². The topological polar surface area (TPSA) is 89.2 Å². The minimum Gasteiger partial charge on any atom is -0.497 e. The second kappa shape index (κ2) is 11.8. The fraction of sp³-hybridized carbons (Fsp3) is 0.308. The first-order chi connectivity index (χ1) is 17.2. The highest BCUT2D eigenvalue weighted by atomic mass is 16.5. The van der Waals surface area contributed by atoms with Crippen molar-refractivity contribution >= 4 is 11.9 Å². The Kier molecular flexibility index (Phi) is 7.09. The van der Waals surface area contributed by atoms with E-state index >= 15 is 0 Å². The van der Waals surface area contributed by atoms with Crippen LogP contribution in [0.5, 0.6) is 11.5 Å². The Morgan fingerprint density at radius 2 is 1.91 bits per heavy atom. The molecule has 0 atom stereocenters. The van der Waals surface area contributed by atoms with Gasteiger partial charge in [-0.05, 0) is 61.7 Å². The van der Waals surface area contributed by atoms with E-state index in [1.54, 1.807) is 60.9 Å². The van der Waals surface area contributed by atoms with Crippen LogP contribution in [0.25, 0.3) is 11.3 Å². The van der Waals surface area contributed by atoms with E-state index in [4.69, 9.17) is 23.1 Å². The number of hydrogen-bond acceptors (Lipinski definition) is 5. The van der Waals surface area contributed by atoms with Gasteiger partial charge in [-0.25, -0.2) is 0 Å². The van der Waals surface area contributed by atoms with Gasteiger partial charge in [-0.3, -0.25) is 9.59 Å². The Hall–Kier alpha value is -3.74.